The predicted molar refractivity (Wildman–Crippen MR) is 138 cm³/mol. The first-order valence-electron chi connectivity index (χ1n) is 10.7. The third-order valence-electron chi connectivity index (χ3n) is 5.75. The molecule has 1 aliphatic carbocycles. The molecule has 160 valence electrons. The molecule has 33 heavy (non-hydrogen) atoms. The zero-order valence-corrected chi connectivity index (χ0v) is 19.3. The lowest BCUT2D eigenvalue weighted by atomic mass is 10.1. The minimum absolute atomic E-state index is 0.241. The van der Waals surface area contributed by atoms with E-state index in [4.69, 9.17) is 4.98 Å². The summed E-state index contributed by atoms with van der Waals surface area (Å²) in [4.78, 5) is 9.58. The SMILES string of the molecule is C=C/C(=C\C1=CC=C(N2c3ccccc3Sc3ccccc32)C1)c1nc2ccc(F)cc2s1. The number of allylic oxidation sites excluding steroid dienone is 6. The number of thiazole rings is 1. The zero-order valence-electron chi connectivity index (χ0n) is 17.7. The first-order chi connectivity index (χ1) is 16.2. The monoisotopic (exact) mass is 466 g/mol. The van der Waals surface area contributed by atoms with Gasteiger partial charge >= 0.3 is 0 Å². The van der Waals surface area contributed by atoms with Gasteiger partial charge in [-0.25, -0.2) is 9.37 Å². The van der Waals surface area contributed by atoms with Crippen LogP contribution in [0.25, 0.3) is 15.8 Å². The van der Waals surface area contributed by atoms with Gasteiger partial charge in [0.05, 0.1) is 21.6 Å². The summed E-state index contributed by atoms with van der Waals surface area (Å²) >= 11 is 3.31. The van der Waals surface area contributed by atoms with Gasteiger partial charge < -0.3 is 4.90 Å². The van der Waals surface area contributed by atoms with Crippen LogP contribution in [0.5, 0.6) is 0 Å². The van der Waals surface area contributed by atoms with E-state index < -0.39 is 0 Å². The molecular formula is C28H19FN2S2. The van der Waals surface area contributed by atoms with Crippen molar-refractivity contribution in [2.24, 2.45) is 0 Å². The fourth-order valence-corrected chi connectivity index (χ4v) is 6.29. The van der Waals surface area contributed by atoms with Crippen LogP contribution in [0.4, 0.5) is 15.8 Å². The fraction of sp³-hybridized carbons (Fsp3) is 0.0357. The molecule has 2 aliphatic rings. The number of nitrogens with zero attached hydrogens (tertiary/aromatic N) is 2. The van der Waals surface area contributed by atoms with Crippen molar-refractivity contribution in [2.75, 3.05) is 4.90 Å². The standard InChI is InChI=1S/C28H19FN2S2/c1-2-19(28-30-22-14-12-20(29)17-27(22)33-28)15-18-11-13-21(16-18)31-23-7-3-5-9-25(23)32-26-10-6-4-8-24(26)31/h2-15,17H,1,16H2/b19-15+. The highest BCUT2D eigenvalue weighted by atomic mass is 32.2. The summed E-state index contributed by atoms with van der Waals surface area (Å²) in [5.74, 6) is -0.241. The normalized spacial score (nSPS) is 15.2. The largest absolute Gasteiger partial charge is 0.312 e. The van der Waals surface area contributed by atoms with Crippen LogP contribution < -0.4 is 4.90 Å². The van der Waals surface area contributed by atoms with Crippen LogP contribution in [0, 0.1) is 5.82 Å². The van der Waals surface area contributed by atoms with Gasteiger partial charge in [0.1, 0.15) is 10.8 Å². The molecule has 5 heteroatoms. The van der Waals surface area contributed by atoms with Gasteiger partial charge in [0, 0.05) is 27.5 Å². The summed E-state index contributed by atoms with van der Waals surface area (Å²) in [5.41, 5.74) is 6.61. The Morgan fingerprint density at radius 1 is 0.970 bits per heavy atom. The van der Waals surface area contributed by atoms with Crippen LogP contribution >= 0.6 is 23.1 Å². The van der Waals surface area contributed by atoms with Crippen LogP contribution in [-0.4, -0.2) is 4.98 Å². The highest BCUT2D eigenvalue weighted by Crippen LogP contribution is 2.50. The van der Waals surface area contributed by atoms with Gasteiger partial charge in [-0.05, 0) is 60.2 Å². The van der Waals surface area contributed by atoms with E-state index >= 15 is 0 Å². The average Bonchev–Trinajstić information content (AvgIpc) is 3.47. The second-order valence-electron chi connectivity index (χ2n) is 7.88. The Bertz CT molecular complexity index is 1460. The van der Waals surface area contributed by atoms with Gasteiger partial charge in [0.25, 0.3) is 0 Å². The second-order valence-corrected chi connectivity index (χ2v) is 10.00. The van der Waals surface area contributed by atoms with Crippen LogP contribution in [-0.2, 0) is 0 Å². The third kappa shape index (κ3) is 3.63. The molecule has 0 saturated heterocycles. The van der Waals surface area contributed by atoms with Crippen molar-refractivity contribution in [2.45, 2.75) is 16.2 Å². The van der Waals surface area contributed by atoms with Crippen molar-refractivity contribution >= 4 is 50.3 Å². The maximum Gasteiger partial charge on any atom is 0.124 e. The van der Waals surface area contributed by atoms with Crippen molar-refractivity contribution in [3.05, 3.63) is 120 Å². The van der Waals surface area contributed by atoms with Crippen LogP contribution in [0.15, 0.2) is 119 Å². The third-order valence-corrected chi connectivity index (χ3v) is 7.95. The molecule has 0 spiro atoms. The summed E-state index contributed by atoms with van der Waals surface area (Å²) < 4.78 is 14.5. The number of hydrogen-bond acceptors (Lipinski definition) is 4. The highest BCUT2D eigenvalue weighted by molar-refractivity contribution is 7.99. The molecule has 2 nitrogen and oxygen atoms in total. The molecule has 4 aromatic rings. The molecule has 0 radical (unpaired) electrons. The first-order valence-corrected chi connectivity index (χ1v) is 12.3. The number of para-hydroxylation sites is 2. The molecule has 0 fully saturated rings. The number of halogens is 1. The molecule has 0 amide bonds. The molecule has 0 N–H and O–H groups in total. The highest BCUT2D eigenvalue weighted by Gasteiger charge is 2.27. The Balaban J connectivity index is 1.32. The summed E-state index contributed by atoms with van der Waals surface area (Å²) in [6.07, 6.45) is 9.14. The van der Waals surface area contributed by atoms with E-state index in [-0.39, 0.29) is 5.82 Å². The second kappa shape index (κ2) is 8.18. The lowest BCUT2D eigenvalue weighted by Crippen LogP contribution is -2.19. The Kier molecular flexibility index (Phi) is 5.01. The lowest BCUT2D eigenvalue weighted by molar-refractivity contribution is 0.630. The van der Waals surface area contributed by atoms with Crippen LogP contribution in [0.1, 0.15) is 11.4 Å². The average molecular weight is 467 g/mol. The molecule has 3 aromatic carbocycles. The van der Waals surface area contributed by atoms with Gasteiger partial charge in [-0.15, -0.1) is 11.3 Å². The molecule has 0 atom stereocenters. The fourth-order valence-electron chi connectivity index (χ4n) is 4.23. The number of fused-ring (bicyclic) bond motifs is 3. The Morgan fingerprint density at radius 3 is 2.42 bits per heavy atom. The minimum atomic E-state index is -0.241. The summed E-state index contributed by atoms with van der Waals surface area (Å²) in [6, 6.07) is 21.8. The summed E-state index contributed by atoms with van der Waals surface area (Å²) in [7, 11) is 0. The number of anilines is 2. The molecule has 0 unspecified atom stereocenters. The van der Waals surface area contributed by atoms with Gasteiger partial charge in [-0.3, -0.25) is 0 Å². The summed E-state index contributed by atoms with van der Waals surface area (Å²) in [6.45, 7) is 4.00. The quantitative estimate of drug-likeness (QED) is 0.280. The van der Waals surface area contributed by atoms with Gasteiger partial charge in [0.15, 0.2) is 0 Å². The molecule has 1 aliphatic heterocycles. The van der Waals surface area contributed by atoms with Gasteiger partial charge in [0.2, 0.25) is 0 Å². The number of aromatic nitrogens is 1. The van der Waals surface area contributed by atoms with Crippen molar-refractivity contribution in [1.82, 2.24) is 4.98 Å². The Morgan fingerprint density at radius 2 is 1.70 bits per heavy atom. The van der Waals surface area contributed by atoms with Crippen LogP contribution in [0.2, 0.25) is 0 Å². The predicted octanol–water partition coefficient (Wildman–Crippen LogP) is 8.52. The van der Waals surface area contributed by atoms with E-state index in [1.807, 2.05) is 17.8 Å². The van der Waals surface area contributed by atoms with E-state index in [1.165, 1.54) is 55.9 Å². The van der Waals surface area contributed by atoms with E-state index in [0.29, 0.717) is 0 Å². The maximum absolute atomic E-state index is 13.6. The van der Waals surface area contributed by atoms with Crippen molar-refractivity contribution in [1.29, 1.82) is 0 Å². The van der Waals surface area contributed by atoms with Crippen molar-refractivity contribution in [3.63, 3.8) is 0 Å². The maximum atomic E-state index is 13.6. The van der Waals surface area contributed by atoms with Crippen molar-refractivity contribution < 1.29 is 4.39 Å². The Hall–Kier alpha value is -3.41. The van der Waals surface area contributed by atoms with Crippen molar-refractivity contribution in [3.8, 4) is 0 Å². The van der Waals surface area contributed by atoms with E-state index in [9.17, 15) is 4.39 Å². The minimum Gasteiger partial charge on any atom is -0.312 e. The molecular weight excluding hydrogens is 447 g/mol. The van der Waals surface area contributed by atoms with E-state index in [2.05, 4.69) is 78.2 Å². The molecule has 2 heterocycles. The van der Waals surface area contributed by atoms with E-state index in [0.717, 1.165) is 27.2 Å². The van der Waals surface area contributed by atoms with Crippen LogP contribution in [0.3, 0.4) is 0 Å². The molecule has 1 aromatic heterocycles. The zero-order chi connectivity index (χ0) is 22.4. The summed E-state index contributed by atoms with van der Waals surface area (Å²) in [5, 5.41) is 0.852. The number of hydrogen-bond donors (Lipinski definition) is 0. The smallest absolute Gasteiger partial charge is 0.124 e. The molecule has 6 rings (SSSR count). The molecule has 0 bridgehead atoms. The first kappa shape index (κ1) is 20.2. The number of benzene rings is 3. The molecule has 0 saturated carbocycles. The topological polar surface area (TPSA) is 16.1 Å². The lowest BCUT2D eigenvalue weighted by Gasteiger charge is -2.33. The van der Waals surface area contributed by atoms with Gasteiger partial charge in [-0.1, -0.05) is 54.8 Å². The van der Waals surface area contributed by atoms with E-state index in [1.54, 1.807) is 6.07 Å². The Labute approximate surface area is 200 Å². The number of rotatable bonds is 4. The van der Waals surface area contributed by atoms with Gasteiger partial charge in [-0.2, -0.15) is 0 Å².